The molecule has 0 aliphatic heterocycles. The van der Waals surface area contributed by atoms with Crippen LogP contribution in [0.3, 0.4) is 0 Å². The van der Waals surface area contributed by atoms with Crippen molar-refractivity contribution in [3.8, 4) is 0 Å². The number of carbonyl (C=O) groups excluding carboxylic acids is 3. The van der Waals surface area contributed by atoms with Gasteiger partial charge in [-0.25, -0.2) is 4.98 Å². The van der Waals surface area contributed by atoms with Crippen LogP contribution in [0.2, 0.25) is 0 Å². The van der Waals surface area contributed by atoms with Crippen molar-refractivity contribution < 1.29 is 14.4 Å². The highest BCUT2D eigenvalue weighted by atomic mass is 32.1. The maximum absolute atomic E-state index is 13.1. The summed E-state index contributed by atoms with van der Waals surface area (Å²) in [5, 5.41) is 4.82. The van der Waals surface area contributed by atoms with Crippen molar-refractivity contribution in [1.82, 2.24) is 14.5 Å². The minimum absolute atomic E-state index is 0.0530. The SMILES string of the molecule is C=O.CCCn1c(NC(=O)c2cccs2)nc2ccc(C(=O)N(C)C3CCCCC3)cc21.CN. The first-order valence-corrected chi connectivity index (χ1v) is 12.5. The Bertz CT molecular complexity index is 1060. The summed E-state index contributed by atoms with van der Waals surface area (Å²) in [5.41, 5.74) is 6.83. The smallest absolute Gasteiger partial charge is 0.268 e. The van der Waals surface area contributed by atoms with Gasteiger partial charge in [0, 0.05) is 25.2 Å². The van der Waals surface area contributed by atoms with E-state index in [0.29, 0.717) is 29.0 Å². The Morgan fingerprint density at radius 3 is 2.53 bits per heavy atom. The molecule has 1 aliphatic carbocycles. The molecule has 1 aliphatic rings. The van der Waals surface area contributed by atoms with E-state index in [9.17, 15) is 9.59 Å². The zero-order valence-electron chi connectivity index (χ0n) is 20.3. The van der Waals surface area contributed by atoms with E-state index in [1.807, 2.05) is 52.9 Å². The number of carbonyl (C=O) groups is 3. The predicted molar refractivity (Wildman–Crippen MR) is 138 cm³/mol. The molecule has 2 heterocycles. The van der Waals surface area contributed by atoms with Gasteiger partial charge >= 0.3 is 0 Å². The summed E-state index contributed by atoms with van der Waals surface area (Å²) in [6.07, 6.45) is 6.71. The van der Waals surface area contributed by atoms with E-state index in [-0.39, 0.29) is 11.8 Å². The van der Waals surface area contributed by atoms with Gasteiger partial charge in [0.15, 0.2) is 0 Å². The molecule has 0 bridgehead atoms. The van der Waals surface area contributed by atoms with Crippen LogP contribution in [0.4, 0.5) is 5.95 Å². The molecule has 2 amide bonds. The Hall–Kier alpha value is -3.04. The number of thiophene rings is 1. The first-order valence-electron chi connectivity index (χ1n) is 11.6. The zero-order valence-corrected chi connectivity index (χ0v) is 21.1. The standard InChI is InChI=1S/C23H28N4O2S.CH5N.CH2O/c1-3-13-27-19-15-16(22(29)26(2)17-8-5-4-6-9-17)11-12-18(19)24-23(27)25-21(28)20-10-7-14-30-20;2*1-2/h7,10-12,14-15,17H,3-6,8-9,13H2,1-2H3,(H,24,25,28);2H2,1H3;1H2. The molecule has 3 aromatic rings. The molecule has 0 saturated heterocycles. The molecule has 8 nitrogen and oxygen atoms in total. The van der Waals surface area contributed by atoms with E-state index < -0.39 is 0 Å². The summed E-state index contributed by atoms with van der Waals surface area (Å²) in [5.74, 6) is 0.415. The highest BCUT2D eigenvalue weighted by molar-refractivity contribution is 7.12. The number of aromatic nitrogens is 2. The van der Waals surface area contributed by atoms with Crippen LogP contribution >= 0.6 is 11.3 Å². The largest absolute Gasteiger partial charge is 0.339 e. The average Bonchev–Trinajstić information content (AvgIpc) is 3.55. The fourth-order valence-electron chi connectivity index (χ4n) is 4.21. The van der Waals surface area contributed by atoms with Crippen molar-refractivity contribution in [2.45, 2.75) is 58.0 Å². The fraction of sp³-hybridized carbons (Fsp3) is 0.440. The number of rotatable bonds is 6. The number of fused-ring (bicyclic) bond motifs is 1. The van der Waals surface area contributed by atoms with Gasteiger partial charge in [0.2, 0.25) is 5.95 Å². The van der Waals surface area contributed by atoms with E-state index >= 15 is 0 Å². The minimum atomic E-state index is -0.161. The normalized spacial score (nSPS) is 13.3. The van der Waals surface area contributed by atoms with Gasteiger partial charge in [-0.2, -0.15) is 0 Å². The van der Waals surface area contributed by atoms with Crippen LogP contribution in [0.1, 0.15) is 65.5 Å². The summed E-state index contributed by atoms with van der Waals surface area (Å²) < 4.78 is 2.00. The van der Waals surface area contributed by atoms with Gasteiger partial charge in [-0.1, -0.05) is 32.3 Å². The molecule has 9 heteroatoms. The van der Waals surface area contributed by atoms with E-state index in [0.717, 1.165) is 30.3 Å². The number of aryl methyl sites for hydroxylation is 1. The molecular weight excluding hydrogens is 450 g/mol. The summed E-state index contributed by atoms with van der Waals surface area (Å²) >= 11 is 1.40. The third-order valence-electron chi connectivity index (χ3n) is 5.86. The molecule has 0 atom stereocenters. The number of hydrogen-bond acceptors (Lipinski definition) is 6. The summed E-state index contributed by atoms with van der Waals surface area (Å²) in [7, 11) is 3.42. The van der Waals surface area contributed by atoms with Crippen molar-refractivity contribution in [3.05, 3.63) is 46.2 Å². The second kappa shape index (κ2) is 13.6. The van der Waals surface area contributed by atoms with Crippen LogP contribution in [-0.4, -0.2) is 53.2 Å². The third kappa shape index (κ3) is 6.30. The van der Waals surface area contributed by atoms with Crippen LogP contribution in [-0.2, 0) is 11.3 Å². The quantitative estimate of drug-likeness (QED) is 0.532. The molecule has 184 valence electrons. The Labute approximate surface area is 205 Å². The molecule has 4 rings (SSSR count). The predicted octanol–water partition coefficient (Wildman–Crippen LogP) is 4.55. The molecule has 3 N–H and O–H groups in total. The topological polar surface area (TPSA) is 110 Å². The maximum Gasteiger partial charge on any atom is 0.268 e. The number of imidazole rings is 1. The molecule has 1 aromatic carbocycles. The van der Waals surface area contributed by atoms with Crippen molar-refractivity contribution in [2.75, 3.05) is 19.4 Å². The second-order valence-electron chi connectivity index (χ2n) is 7.93. The van der Waals surface area contributed by atoms with E-state index in [1.54, 1.807) is 6.07 Å². The van der Waals surface area contributed by atoms with Gasteiger partial charge in [-0.15, -0.1) is 11.3 Å². The molecule has 1 saturated carbocycles. The van der Waals surface area contributed by atoms with Crippen molar-refractivity contribution in [2.24, 2.45) is 5.73 Å². The molecule has 34 heavy (non-hydrogen) atoms. The average molecular weight is 486 g/mol. The van der Waals surface area contributed by atoms with Gasteiger partial charge in [0.25, 0.3) is 11.8 Å². The summed E-state index contributed by atoms with van der Waals surface area (Å²) in [6.45, 7) is 4.80. The highest BCUT2D eigenvalue weighted by Crippen LogP contribution is 2.26. The Morgan fingerprint density at radius 1 is 1.21 bits per heavy atom. The number of nitrogens with one attached hydrogen (secondary N) is 1. The Balaban J connectivity index is 0.000000970. The first kappa shape index (κ1) is 27.2. The summed E-state index contributed by atoms with van der Waals surface area (Å²) in [6, 6.07) is 9.62. The zero-order chi connectivity index (χ0) is 25.1. The van der Waals surface area contributed by atoms with Crippen LogP contribution in [0.25, 0.3) is 11.0 Å². The number of anilines is 1. The molecule has 2 aromatic heterocycles. The van der Waals surface area contributed by atoms with Crippen LogP contribution in [0, 0.1) is 0 Å². The van der Waals surface area contributed by atoms with Gasteiger partial charge in [0.1, 0.15) is 6.79 Å². The van der Waals surface area contributed by atoms with Crippen molar-refractivity contribution in [3.63, 3.8) is 0 Å². The molecular formula is C25H35N5O3S. The van der Waals surface area contributed by atoms with Crippen LogP contribution in [0.5, 0.6) is 0 Å². The van der Waals surface area contributed by atoms with Gasteiger partial charge in [0.05, 0.1) is 15.9 Å². The van der Waals surface area contributed by atoms with Crippen LogP contribution < -0.4 is 11.1 Å². The number of benzene rings is 1. The second-order valence-corrected chi connectivity index (χ2v) is 8.88. The lowest BCUT2D eigenvalue weighted by atomic mass is 9.94. The monoisotopic (exact) mass is 485 g/mol. The Kier molecular flexibility index (Phi) is 10.9. The fourth-order valence-corrected chi connectivity index (χ4v) is 4.83. The summed E-state index contributed by atoms with van der Waals surface area (Å²) in [4.78, 5) is 40.8. The lowest BCUT2D eigenvalue weighted by Crippen LogP contribution is -2.38. The van der Waals surface area contributed by atoms with Crippen molar-refractivity contribution >= 4 is 46.9 Å². The third-order valence-corrected chi connectivity index (χ3v) is 6.72. The van der Waals surface area contributed by atoms with Gasteiger partial charge < -0.3 is 20.0 Å². The van der Waals surface area contributed by atoms with Gasteiger partial charge in [-0.3, -0.25) is 14.9 Å². The minimum Gasteiger partial charge on any atom is -0.339 e. The van der Waals surface area contributed by atoms with E-state index in [2.05, 4.69) is 23.0 Å². The van der Waals surface area contributed by atoms with Crippen LogP contribution in [0.15, 0.2) is 35.7 Å². The highest BCUT2D eigenvalue weighted by Gasteiger charge is 2.24. The van der Waals surface area contributed by atoms with Gasteiger partial charge in [-0.05, 0) is 56.0 Å². The Morgan fingerprint density at radius 2 is 1.91 bits per heavy atom. The maximum atomic E-state index is 13.1. The molecule has 1 fully saturated rings. The number of amides is 2. The molecule has 0 unspecified atom stereocenters. The van der Waals surface area contributed by atoms with E-state index in [4.69, 9.17) is 4.79 Å². The number of nitrogens with zero attached hydrogens (tertiary/aromatic N) is 3. The van der Waals surface area contributed by atoms with E-state index in [1.165, 1.54) is 37.6 Å². The molecule has 0 radical (unpaired) electrons. The first-order chi connectivity index (χ1) is 16.6. The lowest BCUT2D eigenvalue weighted by molar-refractivity contribution is -0.0980. The molecule has 0 spiro atoms. The number of hydrogen-bond donors (Lipinski definition) is 2. The van der Waals surface area contributed by atoms with Crippen molar-refractivity contribution in [1.29, 1.82) is 0 Å². The lowest BCUT2D eigenvalue weighted by Gasteiger charge is -2.31. The number of nitrogens with two attached hydrogens (primary N) is 1.